The fraction of sp³-hybridized carbons (Fsp3) is 0.500. The van der Waals surface area contributed by atoms with E-state index in [2.05, 4.69) is 29.2 Å². The van der Waals surface area contributed by atoms with Gasteiger partial charge in [-0.05, 0) is 30.4 Å². The molecule has 2 N–H and O–H groups in total. The van der Waals surface area contributed by atoms with E-state index in [-0.39, 0.29) is 6.10 Å². The molecule has 4 nitrogen and oxygen atoms in total. The number of fused-ring (bicyclic) bond motifs is 1. The van der Waals surface area contributed by atoms with Gasteiger partial charge in [0.25, 0.3) is 0 Å². The zero-order chi connectivity index (χ0) is 12.5. The molecule has 0 spiro atoms. The minimum absolute atomic E-state index is 0.0322. The Kier molecular flexibility index (Phi) is 2.96. The molecule has 4 heteroatoms. The van der Waals surface area contributed by atoms with Crippen molar-refractivity contribution in [2.75, 3.05) is 13.1 Å². The Bertz CT molecular complexity index is 461. The minimum Gasteiger partial charge on any atom is -0.445 e. The highest BCUT2D eigenvalue weighted by Crippen LogP contribution is 2.37. The van der Waals surface area contributed by atoms with E-state index in [1.807, 2.05) is 0 Å². The highest BCUT2D eigenvalue weighted by atomic mass is 16.6. The maximum absolute atomic E-state index is 10.8. The Hall–Kier alpha value is -1.55. The zero-order valence-electron chi connectivity index (χ0n) is 10.3. The Balaban J connectivity index is 1.69. The molecule has 1 aromatic rings. The maximum Gasteiger partial charge on any atom is 0.404 e. The lowest BCUT2D eigenvalue weighted by molar-refractivity contribution is 0.104. The molecule has 18 heavy (non-hydrogen) atoms. The van der Waals surface area contributed by atoms with Crippen LogP contribution in [-0.4, -0.2) is 30.2 Å². The van der Waals surface area contributed by atoms with E-state index >= 15 is 0 Å². The summed E-state index contributed by atoms with van der Waals surface area (Å²) in [5, 5.41) is 0. The third-order valence-corrected chi connectivity index (χ3v) is 4.00. The molecule has 1 aliphatic carbocycles. The van der Waals surface area contributed by atoms with E-state index in [1.165, 1.54) is 17.5 Å². The molecule has 96 valence electrons. The Morgan fingerprint density at radius 2 is 2.17 bits per heavy atom. The number of likely N-dealkylation sites (tertiary alicyclic amines) is 1. The second-order valence-corrected chi connectivity index (χ2v) is 5.10. The number of carbonyl (C=O) groups is 1. The number of benzene rings is 1. The molecule has 0 saturated carbocycles. The Morgan fingerprint density at radius 1 is 1.33 bits per heavy atom. The number of ether oxygens (including phenoxy) is 1. The topological polar surface area (TPSA) is 55.6 Å². The van der Waals surface area contributed by atoms with Gasteiger partial charge in [0.05, 0.1) is 0 Å². The van der Waals surface area contributed by atoms with Crippen LogP contribution in [0, 0.1) is 0 Å². The molecule has 1 fully saturated rings. The molecule has 2 atom stereocenters. The normalized spacial score (nSPS) is 27.1. The number of amides is 1. The zero-order valence-corrected chi connectivity index (χ0v) is 10.3. The van der Waals surface area contributed by atoms with Crippen LogP contribution in [0.15, 0.2) is 24.3 Å². The van der Waals surface area contributed by atoms with E-state index < -0.39 is 6.09 Å². The van der Waals surface area contributed by atoms with Gasteiger partial charge in [0.15, 0.2) is 0 Å². The van der Waals surface area contributed by atoms with E-state index in [4.69, 9.17) is 10.5 Å². The molecule has 1 aliphatic heterocycles. The molecule has 1 unspecified atom stereocenters. The van der Waals surface area contributed by atoms with Crippen LogP contribution in [0.2, 0.25) is 0 Å². The Labute approximate surface area is 107 Å². The summed E-state index contributed by atoms with van der Waals surface area (Å²) >= 11 is 0. The lowest BCUT2D eigenvalue weighted by atomic mass is 10.1. The van der Waals surface area contributed by atoms with Crippen molar-refractivity contribution < 1.29 is 9.53 Å². The number of hydrogen-bond acceptors (Lipinski definition) is 3. The number of primary amides is 1. The van der Waals surface area contributed by atoms with Gasteiger partial charge < -0.3 is 10.5 Å². The van der Waals surface area contributed by atoms with Crippen LogP contribution in [0.25, 0.3) is 0 Å². The summed E-state index contributed by atoms with van der Waals surface area (Å²) in [6.45, 7) is 1.79. The first kappa shape index (κ1) is 11.5. The molecule has 3 rings (SSSR count). The lowest BCUT2D eigenvalue weighted by Gasteiger charge is -2.24. The number of nitrogens with zero attached hydrogens (tertiary/aromatic N) is 1. The van der Waals surface area contributed by atoms with Crippen molar-refractivity contribution in [3.63, 3.8) is 0 Å². The molecule has 1 saturated heterocycles. The van der Waals surface area contributed by atoms with Crippen molar-refractivity contribution in [2.45, 2.75) is 31.4 Å². The Morgan fingerprint density at radius 3 is 3.00 bits per heavy atom. The monoisotopic (exact) mass is 246 g/mol. The number of nitrogens with two attached hydrogens (primary N) is 1. The van der Waals surface area contributed by atoms with Gasteiger partial charge in [-0.2, -0.15) is 0 Å². The summed E-state index contributed by atoms with van der Waals surface area (Å²) in [5.41, 5.74) is 7.97. The fourth-order valence-corrected chi connectivity index (χ4v) is 3.21. The van der Waals surface area contributed by atoms with Crippen LogP contribution in [0.3, 0.4) is 0 Å². The van der Waals surface area contributed by atoms with Crippen LogP contribution in [0.1, 0.15) is 30.0 Å². The van der Waals surface area contributed by atoms with Gasteiger partial charge in [-0.15, -0.1) is 0 Å². The second-order valence-electron chi connectivity index (χ2n) is 5.10. The highest BCUT2D eigenvalue weighted by molar-refractivity contribution is 5.64. The summed E-state index contributed by atoms with van der Waals surface area (Å²) in [6.07, 6.45) is 2.52. The van der Waals surface area contributed by atoms with Crippen molar-refractivity contribution in [1.29, 1.82) is 0 Å². The smallest absolute Gasteiger partial charge is 0.404 e. The van der Waals surface area contributed by atoms with Gasteiger partial charge in [-0.3, -0.25) is 4.90 Å². The average Bonchev–Trinajstić information content (AvgIpc) is 2.94. The van der Waals surface area contributed by atoms with E-state index in [0.717, 1.165) is 25.9 Å². The van der Waals surface area contributed by atoms with Crippen LogP contribution in [-0.2, 0) is 11.2 Å². The van der Waals surface area contributed by atoms with Crippen molar-refractivity contribution in [3.05, 3.63) is 35.4 Å². The summed E-state index contributed by atoms with van der Waals surface area (Å²) in [5.74, 6) is 0. The molecule has 0 radical (unpaired) electrons. The number of carbonyl (C=O) groups excluding carboxylic acids is 1. The number of hydrogen-bond donors (Lipinski definition) is 1. The van der Waals surface area contributed by atoms with Crippen molar-refractivity contribution >= 4 is 6.09 Å². The first-order valence-electron chi connectivity index (χ1n) is 6.52. The molecule has 2 aliphatic rings. The van der Waals surface area contributed by atoms with Crippen molar-refractivity contribution in [3.8, 4) is 0 Å². The second kappa shape index (κ2) is 4.61. The fourth-order valence-electron chi connectivity index (χ4n) is 3.21. The maximum atomic E-state index is 10.8. The summed E-state index contributed by atoms with van der Waals surface area (Å²) in [6, 6.07) is 9.12. The van der Waals surface area contributed by atoms with Crippen molar-refractivity contribution in [1.82, 2.24) is 4.90 Å². The van der Waals surface area contributed by atoms with Crippen LogP contribution < -0.4 is 5.73 Å². The van der Waals surface area contributed by atoms with E-state index in [0.29, 0.717) is 6.04 Å². The molecule has 1 amide bonds. The van der Waals surface area contributed by atoms with Crippen LogP contribution in [0.4, 0.5) is 4.79 Å². The summed E-state index contributed by atoms with van der Waals surface area (Å²) in [4.78, 5) is 13.2. The SMILES string of the molecule is NC(=O)OC1CCN([C@@H]2CCc3ccccc32)C1. The largest absolute Gasteiger partial charge is 0.445 e. The van der Waals surface area contributed by atoms with Crippen LogP contribution in [0.5, 0.6) is 0 Å². The minimum atomic E-state index is -0.659. The molecular weight excluding hydrogens is 228 g/mol. The van der Waals surface area contributed by atoms with E-state index in [9.17, 15) is 4.79 Å². The number of rotatable bonds is 2. The van der Waals surface area contributed by atoms with Crippen LogP contribution >= 0.6 is 0 Å². The first-order valence-corrected chi connectivity index (χ1v) is 6.52. The first-order chi connectivity index (χ1) is 8.74. The molecule has 1 heterocycles. The number of aryl methyl sites for hydroxylation is 1. The predicted molar refractivity (Wildman–Crippen MR) is 68.2 cm³/mol. The van der Waals surface area contributed by atoms with Gasteiger partial charge in [0.1, 0.15) is 6.10 Å². The third-order valence-electron chi connectivity index (χ3n) is 4.00. The quantitative estimate of drug-likeness (QED) is 0.866. The summed E-state index contributed by atoms with van der Waals surface area (Å²) in [7, 11) is 0. The average molecular weight is 246 g/mol. The standard InChI is InChI=1S/C14H18N2O2/c15-14(17)18-11-7-8-16(9-11)13-6-5-10-3-1-2-4-12(10)13/h1-4,11,13H,5-9H2,(H2,15,17)/t11?,13-/m1/s1. The predicted octanol–water partition coefficient (Wildman–Crippen LogP) is 1.84. The molecule has 0 bridgehead atoms. The van der Waals surface area contributed by atoms with Gasteiger partial charge in [-0.1, -0.05) is 24.3 Å². The van der Waals surface area contributed by atoms with E-state index in [1.54, 1.807) is 0 Å². The van der Waals surface area contributed by atoms with Gasteiger partial charge >= 0.3 is 6.09 Å². The molecular formula is C14H18N2O2. The molecule has 1 aromatic carbocycles. The molecule has 0 aromatic heterocycles. The third kappa shape index (κ3) is 2.08. The van der Waals surface area contributed by atoms with Crippen molar-refractivity contribution in [2.24, 2.45) is 5.73 Å². The van der Waals surface area contributed by atoms with Gasteiger partial charge in [-0.25, -0.2) is 4.79 Å². The lowest BCUT2D eigenvalue weighted by Crippen LogP contribution is -2.29. The highest BCUT2D eigenvalue weighted by Gasteiger charge is 2.33. The van der Waals surface area contributed by atoms with Gasteiger partial charge in [0, 0.05) is 19.1 Å². The summed E-state index contributed by atoms with van der Waals surface area (Å²) < 4.78 is 5.09. The van der Waals surface area contributed by atoms with Gasteiger partial charge in [0.2, 0.25) is 0 Å².